The number of fused-ring (bicyclic) bond motifs is 1. The summed E-state index contributed by atoms with van der Waals surface area (Å²) < 4.78 is 1.63. The van der Waals surface area contributed by atoms with Gasteiger partial charge in [0.05, 0.1) is 10.9 Å². The van der Waals surface area contributed by atoms with Crippen LogP contribution < -0.4 is 11.3 Å². The summed E-state index contributed by atoms with van der Waals surface area (Å²) in [5.41, 5.74) is 7.48. The van der Waals surface area contributed by atoms with Crippen LogP contribution in [0.4, 0.5) is 0 Å². The van der Waals surface area contributed by atoms with Gasteiger partial charge in [-0.05, 0) is 25.5 Å². The van der Waals surface area contributed by atoms with E-state index >= 15 is 0 Å². The van der Waals surface area contributed by atoms with E-state index in [0.29, 0.717) is 11.9 Å². The van der Waals surface area contributed by atoms with Crippen LogP contribution in [0.2, 0.25) is 0 Å². The van der Waals surface area contributed by atoms with Gasteiger partial charge in [-0.15, -0.1) is 0 Å². The van der Waals surface area contributed by atoms with Gasteiger partial charge in [0.2, 0.25) is 0 Å². The molecular formula is C11H15N3O. The summed E-state index contributed by atoms with van der Waals surface area (Å²) in [6.45, 7) is 4.38. The van der Waals surface area contributed by atoms with Crippen molar-refractivity contribution >= 4 is 10.9 Å². The van der Waals surface area contributed by atoms with Crippen molar-refractivity contribution in [3.63, 3.8) is 0 Å². The van der Waals surface area contributed by atoms with Crippen LogP contribution in [0.15, 0.2) is 23.0 Å². The molecule has 0 saturated heterocycles. The third-order valence-corrected chi connectivity index (χ3v) is 2.57. The molecule has 0 aliphatic heterocycles. The first-order valence-electron chi connectivity index (χ1n) is 5.07. The van der Waals surface area contributed by atoms with Gasteiger partial charge >= 0.3 is 0 Å². The van der Waals surface area contributed by atoms with Crippen LogP contribution in [0.3, 0.4) is 0 Å². The number of nitrogens with one attached hydrogen (secondary N) is 1. The lowest BCUT2D eigenvalue weighted by molar-refractivity contribution is 0.522. The van der Waals surface area contributed by atoms with Crippen LogP contribution in [-0.4, -0.2) is 9.78 Å². The number of hydrogen-bond donors (Lipinski definition) is 2. The smallest absolute Gasteiger partial charge is 0.274 e. The van der Waals surface area contributed by atoms with Crippen molar-refractivity contribution < 1.29 is 0 Å². The molecule has 4 nitrogen and oxygen atoms in total. The predicted molar refractivity (Wildman–Crippen MR) is 60.8 cm³/mol. The molecule has 0 spiro atoms. The minimum Gasteiger partial charge on any atom is -0.326 e. The Morgan fingerprint density at radius 3 is 2.80 bits per heavy atom. The first kappa shape index (κ1) is 9.98. The van der Waals surface area contributed by atoms with Crippen LogP contribution in [0, 0.1) is 0 Å². The topological polar surface area (TPSA) is 63.8 Å². The molecule has 1 aromatic carbocycles. The Morgan fingerprint density at radius 2 is 2.20 bits per heavy atom. The third-order valence-electron chi connectivity index (χ3n) is 2.57. The van der Waals surface area contributed by atoms with Gasteiger partial charge in [-0.3, -0.25) is 9.89 Å². The Bertz CT molecular complexity index is 536. The van der Waals surface area contributed by atoms with E-state index in [1.807, 2.05) is 32.0 Å². The van der Waals surface area contributed by atoms with Gasteiger partial charge in [0.1, 0.15) is 0 Å². The average molecular weight is 205 g/mol. The fourth-order valence-corrected chi connectivity index (χ4v) is 1.75. The zero-order valence-electron chi connectivity index (χ0n) is 8.95. The minimum atomic E-state index is 0.0234. The van der Waals surface area contributed by atoms with Crippen molar-refractivity contribution in [1.82, 2.24) is 9.78 Å². The van der Waals surface area contributed by atoms with Gasteiger partial charge < -0.3 is 5.73 Å². The molecule has 0 radical (unpaired) electrons. The van der Waals surface area contributed by atoms with Crippen LogP contribution in [-0.2, 0) is 6.54 Å². The van der Waals surface area contributed by atoms with Crippen molar-refractivity contribution in [3.05, 3.63) is 34.1 Å². The van der Waals surface area contributed by atoms with Crippen LogP contribution >= 0.6 is 0 Å². The van der Waals surface area contributed by atoms with Gasteiger partial charge in [0.25, 0.3) is 5.56 Å². The fourth-order valence-electron chi connectivity index (χ4n) is 1.75. The largest absolute Gasteiger partial charge is 0.326 e. The van der Waals surface area contributed by atoms with E-state index in [1.54, 1.807) is 4.68 Å². The number of H-pyrrole nitrogens is 1. The molecule has 2 rings (SSSR count). The van der Waals surface area contributed by atoms with E-state index in [1.165, 1.54) is 0 Å². The van der Waals surface area contributed by atoms with Gasteiger partial charge in [-0.25, -0.2) is 4.68 Å². The molecule has 0 fully saturated rings. The molecule has 80 valence electrons. The maximum absolute atomic E-state index is 11.9. The van der Waals surface area contributed by atoms with Crippen molar-refractivity contribution in [2.45, 2.75) is 26.4 Å². The first-order valence-corrected chi connectivity index (χ1v) is 5.07. The van der Waals surface area contributed by atoms with Crippen molar-refractivity contribution in [3.8, 4) is 0 Å². The summed E-state index contributed by atoms with van der Waals surface area (Å²) in [5, 5.41) is 3.82. The maximum Gasteiger partial charge on any atom is 0.274 e. The van der Waals surface area contributed by atoms with Gasteiger partial charge in [-0.1, -0.05) is 12.1 Å². The molecule has 0 bridgehead atoms. The molecule has 15 heavy (non-hydrogen) atoms. The predicted octanol–water partition coefficient (Wildman–Crippen LogP) is 1.37. The standard InChI is InChI=1S/C11H15N3O/c1-7(2)14-11(15)9-5-3-4-8(6-12)10(9)13-14/h3-5,7,13H,6,12H2,1-2H3. The highest BCUT2D eigenvalue weighted by molar-refractivity contribution is 5.81. The number of nitrogens with zero attached hydrogens (tertiary/aromatic N) is 1. The Hall–Kier alpha value is -1.55. The first-order chi connectivity index (χ1) is 7.15. The molecule has 1 heterocycles. The van der Waals surface area contributed by atoms with Gasteiger partial charge in [0.15, 0.2) is 0 Å². The Kier molecular flexibility index (Phi) is 2.36. The molecule has 0 atom stereocenters. The van der Waals surface area contributed by atoms with E-state index in [4.69, 9.17) is 5.73 Å². The zero-order chi connectivity index (χ0) is 11.0. The quantitative estimate of drug-likeness (QED) is 0.777. The number of benzene rings is 1. The van der Waals surface area contributed by atoms with E-state index in [2.05, 4.69) is 5.10 Å². The fraction of sp³-hybridized carbons (Fsp3) is 0.364. The highest BCUT2D eigenvalue weighted by atomic mass is 16.1. The molecule has 4 heteroatoms. The van der Waals surface area contributed by atoms with Crippen molar-refractivity contribution in [1.29, 1.82) is 0 Å². The summed E-state index contributed by atoms with van der Waals surface area (Å²) in [4.78, 5) is 11.9. The number of nitrogens with two attached hydrogens (primary N) is 1. The summed E-state index contributed by atoms with van der Waals surface area (Å²) >= 11 is 0. The van der Waals surface area contributed by atoms with Crippen LogP contribution in [0.1, 0.15) is 25.5 Å². The number of para-hydroxylation sites is 1. The molecule has 0 amide bonds. The highest BCUT2D eigenvalue weighted by Crippen LogP contribution is 2.14. The Morgan fingerprint density at radius 1 is 1.47 bits per heavy atom. The second-order valence-electron chi connectivity index (χ2n) is 3.92. The number of rotatable bonds is 2. The lowest BCUT2D eigenvalue weighted by Crippen LogP contribution is -2.18. The lowest BCUT2D eigenvalue weighted by atomic mass is 10.1. The highest BCUT2D eigenvalue weighted by Gasteiger charge is 2.10. The lowest BCUT2D eigenvalue weighted by Gasteiger charge is -2.03. The maximum atomic E-state index is 11.9. The second kappa shape index (κ2) is 3.55. The summed E-state index contributed by atoms with van der Waals surface area (Å²) in [5.74, 6) is 0. The van der Waals surface area contributed by atoms with Crippen LogP contribution in [0.25, 0.3) is 10.9 Å². The van der Waals surface area contributed by atoms with Crippen LogP contribution in [0.5, 0.6) is 0 Å². The molecular weight excluding hydrogens is 190 g/mol. The summed E-state index contributed by atoms with van der Waals surface area (Å²) in [6, 6.07) is 5.76. The van der Waals surface area contributed by atoms with Crippen molar-refractivity contribution in [2.75, 3.05) is 0 Å². The van der Waals surface area contributed by atoms with E-state index in [-0.39, 0.29) is 11.6 Å². The van der Waals surface area contributed by atoms with E-state index in [0.717, 1.165) is 11.1 Å². The van der Waals surface area contributed by atoms with Gasteiger partial charge in [0, 0.05) is 12.6 Å². The molecule has 0 unspecified atom stereocenters. The number of aromatic amines is 1. The number of hydrogen-bond acceptors (Lipinski definition) is 2. The molecule has 0 aliphatic rings. The summed E-state index contributed by atoms with van der Waals surface area (Å²) in [7, 11) is 0. The SMILES string of the molecule is CC(C)n1[nH]c2c(CN)cccc2c1=O. The van der Waals surface area contributed by atoms with Crippen molar-refractivity contribution in [2.24, 2.45) is 5.73 Å². The molecule has 1 aromatic heterocycles. The van der Waals surface area contributed by atoms with E-state index < -0.39 is 0 Å². The molecule has 0 saturated carbocycles. The zero-order valence-corrected chi connectivity index (χ0v) is 8.95. The minimum absolute atomic E-state index is 0.0234. The molecule has 3 N–H and O–H groups in total. The summed E-state index contributed by atoms with van der Waals surface area (Å²) in [6.07, 6.45) is 0. The Balaban J connectivity index is 2.81. The average Bonchev–Trinajstić information content (AvgIpc) is 2.56. The number of aromatic nitrogens is 2. The second-order valence-corrected chi connectivity index (χ2v) is 3.92. The van der Waals surface area contributed by atoms with E-state index in [9.17, 15) is 4.79 Å². The molecule has 2 aromatic rings. The molecule has 0 aliphatic carbocycles. The monoisotopic (exact) mass is 205 g/mol. The normalized spacial score (nSPS) is 11.5. The third kappa shape index (κ3) is 1.47. The Labute approximate surface area is 87.7 Å². The van der Waals surface area contributed by atoms with Gasteiger partial charge in [-0.2, -0.15) is 0 Å².